The first-order chi connectivity index (χ1) is 11.8. The van der Waals surface area contributed by atoms with Gasteiger partial charge in [-0.25, -0.2) is 0 Å². The van der Waals surface area contributed by atoms with Gasteiger partial charge in [-0.15, -0.1) is 0 Å². The highest BCUT2D eigenvalue weighted by Crippen LogP contribution is 2.23. The molecule has 25 heavy (non-hydrogen) atoms. The molecule has 4 nitrogen and oxygen atoms in total. The summed E-state index contributed by atoms with van der Waals surface area (Å²) < 4.78 is 0. The summed E-state index contributed by atoms with van der Waals surface area (Å²) in [7, 11) is 0. The Labute approximate surface area is 147 Å². The van der Waals surface area contributed by atoms with E-state index in [4.69, 9.17) is 0 Å². The van der Waals surface area contributed by atoms with Gasteiger partial charge in [-0.2, -0.15) is 0 Å². The largest absolute Gasteiger partial charge is 0.322 e. The quantitative estimate of drug-likeness (QED) is 0.787. The zero-order valence-corrected chi connectivity index (χ0v) is 15.0. The molecule has 1 aromatic heterocycles. The van der Waals surface area contributed by atoms with E-state index in [2.05, 4.69) is 4.98 Å². The van der Waals surface area contributed by atoms with E-state index in [1.807, 2.05) is 63.2 Å². The number of hydrogen-bond acceptors (Lipinski definition) is 2. The third-order valence-electron chi connectivity index (χ3n) is 4.43. The lowest BCUT2D eigenvalue weighted by Gasteiger charge is -2.23. The van der Waals surface area contributed by atoms with Gasteiger partial charge in [0, 0.05) is 23.7 Å². The number of nitrogens with one attached hydrogen (secondary N) is 1. The van der Waals surface area contributed by atoms with Crippen LogP contribution in [0.1, 0.15) is 29.2 Å². The number of amides is 1. The molecule has 4 heteroatoms. The zero-order valence-electron chi connectivity index (χ0n) is 15.0. The Morgan fingerprint density at radius 3 is 2.36 bits per heavy atom. The van der Waals surface area contributed by atoms with Crippen molar-refractivity contribution in [2.24, 2.45) is 0 Å². The van der Waals surface area contributed by atoms with Crippen molar-refractivity contribution >= 4 is 22.5 Å². The van der Waals surface area contributed by atoms with Gasteiger partial charge >= 0.3 is 0 Å². The molecule has 0 radical (unpaired) electrons. The minimum absolute atomic E-state index is 0.0873. The standard InChI is InChI=1S/C21H22N2O2/c1-13-6-8-20(15(3)9-13)23(16(4)24)12-18-11-17-10-14(2)5-7-19(17)22-21(18)25/h5-11H,12H2,1-4H3,(H,22,25). The lowest BCUT2D eigenvalue weighted by molar-refractivity contribution is -0.116. The maximum atomic E-state index is 12.5. The van der Waals surface area contributed by atoms with E-state index in [1.165, 1.54) is 6.92 Å². The highest BCUT2D eigenvalue weighted by Gasteiger charge is 2.16. The van der Waals surface area contributed by atoms with Gasteiger partial charge in [-0.3, -0.25) is 9.59 Å². The van der Waals surface area contributed by atoms with E-state index in [9.17, 15) is 9.59 Å². The number of benzene rings is 2. The van der Waals surface area contributed by atoms with Crippen LogP contribution in [0.3, 0.4) is 0 Å². The summed E-state index contributed by atoms with van der Waals surface area (Å²) in [5.74, 6) is -0.0873. The van der Waals surface area contributed by atoms with Gasteiger partial charge in [-0.1, -0.05) is 29.3 Å². The second-order valence-electron chi connectivity index (χ2n) is 6.61. The van der Waals surface area contributed by atoms with Gasteiger partial charge in [-0.05, 0) is 56.0 Å². The van der Waals surface area contributed by atoms with Gasteiger partial charge in [0.1, 0.15) is 0 Å². The molecule has 0 bridgehead atoms. The van der Waals surface area contributed by atoms with Crippen molar-refractivity contribution in [3.8, 4) is 0 Å². The third kappa shape index (κ3) is 3.48. The Morgan fingerprint density at radius 1 is 1.00 bits per heavy atom. The molecule has 0 aliphatic carbocycles. The van der Waals surface area contributed by atoms with Gasteiger partial charge in [0.25, 0.3) is 5.56 Å². The van der Waals surface area contributed by atoms with E-state index in [1.54, 1.807) is 4.90 Å². The van der Waals surface area contributed by atoms with Crippen LogP contribution in [-0.4, -0.2) is 10.9 Å². The summed E-state index contributed by atoms with van der Waals surface area (Å²) in [4.78, 5) is 29.2. The number of aromatic amines is 1. The number of anilines is 1. The zero-order chi connectivity index (χ0) is 18.1. The monoisotopic (exact) mass is 334 g/mol. The molecule has 0 aliphatic heterocycles. The number of rotatable bonds is 3. The Bertz CT molecular complexity index is 1020. The molecule has 0 saturated heterocycles. The Kier molecular flexibility index (Phi) is 4.45. The summed E-state index contributed by atoms with van der Waals surface area (Å²) in [5.41, 5.74) is 5.35. The minimum atomic E-state index is -0.160. The van der Waals surface area contributed by atoms with Crippen LogP contribution in [0.2, 0.25) is 0 Å². The number of pyridine rings is 1. The van der Waals surface area contributed by atoms with Crippen LogP contribution < -0.4 is 10.5 Å². The van der Waals surface area contributed by atoms with E-state index in [-0.39, 0.29) is 18.0 Å². The smallest absolute Gasteiger partial charge is 0.253 e. The first-order valence-electron chi connectivity index (χ1n) is 8.33. The molecule has 0 atom stereocenters. The maximum absolute atomic E-state index is 12.5. The van der Waals surface area contributed by atoms with Crippen LogP contribution in [0.25, 0.3) is 10.9 Å². The molecule has 3 rings (SSSR count). The number of carbonyl (C=O) groups is 1. The number of aromatic nitrogens is 1. The molecule has 0 fully saturated rings. The van der Waals surface area contributed by atoms with Crippen LogP contribution in [0.5, 0.6) is 0 Å². The van der Waals surface area contributed by atoms with E-state index in [0.29, 0.717) is 5.56 Å². The second kappa shape index (κ2) is 6.55. The molecule has 0 saturated carbocycles. The van der Waals surface area contributed by atoms with Crippen molar-refractivity contribution in [1.82, 2.24) is 4.98 Å². The van der Waals surface area contributed by atoms with Gasteiger partial charge in [0.15, 0.2) is 0 Å². The summed E-state index contributed by atoms with van der Waals surface area (Å²) in [6.45, 7) is 7.79. The molecule has 0 unspecified atom stereocenters. The molecular weight excluding hydrogens is 312 g/mol. The fraction of sp³-hybridized carbons (Fsp3) is 0.238. The highest BCUT2D eigenvalue weighted by atomic mass is 16.2. The average molecular weight is 334 g/mol. The number of H-pyrrole nitrogens is 1. The van der Waals surface area contributed by atoms with Gasteiger partial charge < -0.3 is 9.88 Å². The average Bonchev–Trinajstić information content (AvgIpc) is 2.53. The summed E-state index contributed by atoms with van der Waals surface area (Å²) in [6.07, 6.45) is 0. The van der Waals surface area contributed by atoms with Crippen molar-refractivity contribution < 1.29 is 4.79 Å². The first-order valence-corrected chi connectivity index (χ1v) is 8.33. The number of hydrogen-bond donors (Lipinski definition) is 1. The molecule has 0 aliphatic rings. The minimum Gasteiger partial charge on any atom is -0.322 e. The fourth-order valence-corrected chi connectivity index (χ4v) is 3.13. The number of aryl methyl sites for hydroxylation is 3. The SMILES string of the molecule is CC(=O)N(Cc1cc2cc(C)ccc2[nH]c1=O)c1ccc(C)cc1C. The highest BCUT2D eigenvalue weighted by molar-refractivity contribution is 5.92. The predicted molar refractivity (Wildman–Crippen MR) is 102 cm³/mol. The number of nitrogens with zero attached hydrogens (tertiary/aromatic N) is 1. The molecule has 1 amide bonds. The van der Waals surface area contributed by atoms with Crippen molar-refractivity contribution in [3.63, 3.8) is 0 Å². The van der Waals surface area contributed by atoms with Gasteiger partial charge in [0.05, 0.1) is 6.54 Å². The van der Waals surface area contributed by atoms with Crippen LogP contribution in [0, 0.1) is 20.8 Å². The molecule has 1 heterocycles. The third-order valence-corrected chi connectivity index (χ3v) is 4.43. The number of carbonyl (C=O) groups excluding carboxylic acids is 1. The van der Waals surface area contributed by atoms with Crippen molar-refractivity contribution in [1.29, 1.82) is 0 Å². The van der Waals surface area contributed by atoms with Crippen molar-refractivity contribution in [2.45, 2.75) is 34.2 Å². The van der Waals surface area contributed by atoms with E-state index < -0.39 is 0 Å². The lowest BCUT2D eigenvalue weighted by Crippen LogP contribution is -2.31. The summed E-state index contributed by atoms with van der Waals surface area (Å²) in [5, 5.41) is 0.971. The molecular formula is C21H22N2O2. The topological polar surface area (TPSA) is 53.2 Å². The Morgan fingerprint density at radius 2 is 1.68 bits per heavy atom. The van der Waals surface area contributed by atoms with Crippen molar-refractivity contribution in [2.75, 3.05) is 4.90 Å². The molecule has 1 N–H and O–H groups in total. The second-order valence-corrected chi connectivity index (χ2v) is 6.61. The van der Waals surface area contributed by atoms with Gasteiger partial charge in [0.2, 0.25) is 5.91 Å². The molecule has 0 spiro atoms. The molecule has 128 valence electrons. The van der Waals surface area contributed by atoms with Crippen LogP contribution >= 0.6 is 0 Å². The normalized spacial score (nSPS) is 10.9. The summed E-state index contributed by atoms with van der Waals surface area (Å²) >= 11 is 0. The summed E-state index contributed by atoms with van der Waals surface area (Å²) in [6, 6.07) is 13.7. The van der Waals surface area contributed by atoms with Crippen molar-refractivity contribution in [3.05, 3.63) is 75.1 Å². The first kappa shape index (κ1) is 17.0. The van der Waals surface area contributed by atoms with Crippen LogP contribution in [0.4, 0.5) is 5.69 Å². The lowest BCUT2D eigenvalue weighted by atomic mass is 10.1. The predicted octanol–water partition coefficient (Wildman–Crippen LogP) is 4.01. The fourth-order valence-electron chi connectivity index (χ4n) is 3.13. The Balaban J connectivity index is 2.06. The number of fused-ring (bicyclic) bond motifs is 1. The van der Waals surface area contributed by atoms with Crippen LogP contribution in [-0.2, 0) is 11.3 Å². The maximum Gasteiger partial charge on any atom is 0.253 e. The van der Waals surface area contributed by atoms with E-state index in [0.717, 1.165) is 33.3 Å². The van der Waals surface area contributed by atoms with E-state index >= 15 is 0 Å². The molecule has 3 aromatic rings. The molecule has 2 aromatic carbocycles. The van der Waals surface area contributed by atoms with Crippen LogP contribution in [0.15, 0.2) is 47.3 Å². The Hall–Kier alpha value is -2.88.